The average molecular weight is 271 g/mol. The Morgan fingerprint density at radius 3 is 2.95 bits per heavy atom. The minimum Gasteiger partial charge on any atom is -0.349 e. The second-order valence-electron chi connectivity index (χ2n) is 4.23. The molecule has 0 spiro atoms. The molecule has 0 aliphatic rings. The lowest BCUT2D eigenvalue weighted by Gasteiger charge is -2.01. The van der Waals surface area contributed by atoms with Gasteiger partial charge in [0.15, 0.2) is 0 Å². The molecule has 2 heterocycles. The third-order valence-electron chi connectivity index (χ3n) is 2.81. The third kappa shape index (κ3) is 2.82. The lowest BCUT2D eigenvalue weighted by Crippen LogP contribution is -2.24. The Labute approximate surface area is 114 Å². The minimum atomic E-state index is 0.0166. The zero-order chi connectivity index (χ0) is 13.1. The number of carbonyl (C=O) groups is 1. The van der Waals surface area contributed by atoms with Gasteiger partial charge in [-0.3, -0.25) is 4.79 Å². The van der Waals surface area contributed by atoms with Crippen molar-refractivity contribution in [3.63, 3.8) is 0 Å². The summed E-state index contributed by atoms with van der Waals surface area (Å²) in [4.78, 5) is 20.4. The molecule has 3 aromatic rings. The standard InChI is InChI=1S/C14H13N3OS/c18-14(8-10-4-3-7-19-10)15-9-13-16-11-5-1-2-6-12(11)17-13/h1-7H,8-9H2,(H,15,18)(H,16,17). The SMILES string of the molecule is O=C(Cc1cccs1)NCc1nc2ccccc2[nH]1. The predicted octanol–water partition coefficient (Wildman–Crippen LogP) is 2.48. The summed E-state index contributed by atoms with van der Waals surface area (Å²) in [5, 5.41) is 4.85. The number of hydrogen-bond acceptors (Lipinski definition) is 3. The van der Waals surface area contributed by atoms with E-state index in [-0.39, 0.29) is 5.91 Å². The molecule has 4 nitrogen and oxygen atoms in total. The van der Waals surface area contributed by atoms with Crippen molar-refractivity contribution in [1.29, 1.82) is 0 Å². The molecule has 2 aromatic heterocycles. The number of nitrogens with zero attached hydrogens (tertiary/aromatic N) is 1. The summed E-state index contributed by atoms with van der Waals surface area (Å²) in [5.74, 6) is 0.795. The monoisotopic (exact) mass is 271 g/mol. The van der Waals surface area contributed by atoms with Gasteiger partial charge in [-0.05, 0) is 23.6 Å². The maximum Gasteiger partial charge on any atom is 0.225 e. The molecular formula is C14H13N3OS. The second kappa shape index (κ2) is 5.24. The smallest absolute Gasteiger partial charge is 0.225 e. The predicted molar refractivity (Wildman–Crippen MR) is 76.0 cm³/mol. The van der Waals surface area contributed by atoms with E-state index in [0.717, 1.165) is 21.7 Å². The highest BCUT2D eigenvalue weighted by Gasteiger charge is 2.06. The topological polar surface area (TPSA) is 57.8 Å². The molecule has 2 N–H and O–H groups in total. The first-order chi connectivity index (χ1) is 9.31. The van der Waals surface area contributed by atoms with Crippen molar-refractivity contribution in [2.45, 2.75) is 13.0 Å². The van der Waals surface area contributed by atoms with E-state index in [1.165, 1.54) is 0 Å². The van der Waals surface area contributed by atoms with Crippen molar-refractivity contribution in [2.24, 2.45) is 0 Å². The molecule has 1 amide bonds. The number of thiophene rings is 1. The lowest BCUT2D eigenvalue weighted by atomic mass is 10.3. The second-order valence-corrected chi connectivity index (χ2v) is 5.27. The molecule has 0 saturated heterocycles. The lowest BCUT2D eigenvalue weighted by molar-refractivity contribution is -0.120. The largest absolute Gasteiger partial charge is 0.349 e. The van der Waals surface area contributed by atoms with Gasteiger partial charge in [0, 0.05) is 4.88 Å². The van der Waals surface area contributed by atoms with Crippen LogP contribution in [0.25, 0.3) is 11.0 Å². The fraction of sp³-hybridized carbons (Fsp3) is 0.143. The number of hydrogen-bond donors (Lipinski definition) is 2. The van der Waals surface area contributed by atoms with E-state index in [0.29, 0.717) is 13.0 Å². The molecule has 5 heteroatoms. The number of fused-ring (bicyclic) bond motifs is 1. The fourth-order valence-corrected chi connectivity index (χ4v) is 2.61. The molecule has 0 bridgehead atoms. The van der Waals surface area contributed by atoms with Gasteiger partial charge >= 0.3 is 0 Å². The number of para-hydroxylation sites is 2. The van der Waals surface area contributed by atoms with Gasteiger partial charge in [0.05, 0.1) is 24.0 Å². The van der Waals surface area contributed by atoms with Gasteiger partial charge in [0.25, 0.3) is 0 Å². The number of rotatable bonds is 4. The molecular weight excluding hydrogens is 258 g/mol. The van der Waals surface area contributed by atoms with Gasteiger partial charge in [-0.1, -0.05) is 18.2 Å². The maximum atomic E-state index is 11.8. The highest BCUT2D eigenvalue weighted by Crippen LogP contribution is 2.11. The van der Waals surface area contributed by atoms with E-state index < -0.39 is 0 Å². The fourth-order valence-electron chi connectivity index (χ4n) is 1.91. The molecule has 0 aliphatic carbocycles. The van der Waals surface area contributed by atoms with Crippen LogP contribution in [-0.2, 0) is 17.8 Å². The quantitative estimate of drug-likeness (QED) is 0.766. The van der Waals surface area contributed by atoms with Crippen molar-refractivity contribution in [3.05, 3.63) is 52.5 Å². The van der Waals surface area contributed by atoms with E-state index in [4.69, 9.17) is 0 Å². The van der Waals surface area contributed by atoms with Gasteiger partial charge < -0.3 is 10.3 Å². The van der Waals surface area contributed by atoms with E-state index in [1.807, 2.05) is 41.8 Å². The number of carbonyl (C=O) groups excluding carboxylic acids is 1. The summed E-state index contributed by atoms with van der Waals surface area (Å²) in [5.41, 5.74) is 1.91. The summed E-state index contributed by atoms with van der Waals surface area (Å²) >= 11 is 1.59. The molecule has 96 valence electrons. The summed E-state index contributed by atoms with van der Waals surface area (Å²) in [7, 11) is 0. The number of amides is 1. The van der Waals surface area contributed by atoms with Crippen LogP contribution >= 0.6 is 11.3 Å². The van der Waals surface area contributed by atoms with Crippen LogP contribution in [-0.4, -0.2) is 15.9 Å². The Hall–Kier alpha value is -2.14. The van der Waals surface area contributed by atoms with E-state index >= 15 is 0 Å². The maximum absolute atomic E-state index is 11.8. The highest BCUT2D eigenvalue weighted by molar-refractivity contribution is 7.10. The molecule has 19 heavy (non-hydrogen) atoms. The first-order valence-corrected chi connectivity index (χ1v) is 6.92. The van der Waals surface area contributed by atoms with Crippen molar-refractivity contribution in [1.82, 2.24) is 15.3 Å². The summed E-state index contributed by atoms with van der Waals surface area (Å²) in [6, 6.07) is 11.7. The molecule has 3 rings (SSSR count). The highest BCUT2D eigenvalue weighted by atomic mass is 32.1. The van der Waals surface area contributed by atoms with Crippen LogP contribution in [0.4, 0.5) is 0 Å². The summed E-state index contributed by atoms with van der Waals surface area (Å²) < 4.78 is 0. The zero-order valence-corrected chi connectivity index (χ0v) is 11.0. The van der Waals surface area contributed by atoms with Crippen molar-refractivity contribution >= 4 is 28.3 Å². The Kier molecular flexibility index (Phi) is 3.29. The van der Waals surface area contributed by atoms with Gasteiger partial charge in [-0.15, -0.1) is 11.3 Å². The van der Waals surface area contributed by atoms with Crippen LogP contribution in [0.1, 0.15) is 10.7 Å². The van der Waals surface area contributed by atoms with Gasteiger partial charge in [-0.2, -0.15) is 0 Å². The Bertz CT molecular complexity index is 655. The van der Waals surface area contributed by atoms with Gasteiger partial charge in [0.1, 0.15) is 5.82 Å². The molecule has 0 saturated carbocycles. The summed E-state index contributed by atoms with van der Waals surface area (Å²) in [6.07, 6.45) is 0.428. The van der Waals surface area contributed by atoms with Crippen LogP contribution in [0.2, 0.25) is 0 Å². The Balaban J connectivity index is 1.61. The van der Waals surface area contributed by atoms with Crippen LogP contribution < -0.4 is 5.32 Å². The average Bonchev–Trinajstić information content (AvgIpc) is 3.04. The van der Waals surface area contributed by atoms with E-state index in [1.54, 1.807) is 11.3 Å². The number of H-pyrrole nitrogens is 1. The Morgan fingerprint density at radius 1 is 1.26 bits per heavy atom. The van der Waals surface area contributed by atoms with Gasteiger partial charge in [0.2, 0.25) is 5.91 Å². The van der Waals surface area contributed by atoms with Crippen molar-refractivity contribution in [2.75, 3.05) is 0 Å². The third-order valence-corrected chi connectivity index (χ3v) is 3.68. The van der Waals surface area contributed by atoms with Crippen LogP contribution in [0.15, 0.2) is 41.8 Å². The molecule has 0 aliphatic heterocycles. The molecule has 0 fully saturated rings. The summed E-state index contributed by atoms with van der Waals surface area (Å²) in [6.45, 7) is 0.429. The van der Waals surface area contributed by atoms with Crippen molar-refractivity contribution < 1.29 is 4.79 Å². The number of nitrogens with one attached hydrogen (secondary N) is 2. The first kappa shape index (κ1) is 11.9. The van der Waals surface area contributed by atoms with Crippen LogP contribution in [0.3, 0.4) is 0 Å². The van der Waals surface area contributed by atoms with E-state index in [9.17, 15) is 4.79 Å². The molecule has 1 aromatic carbocycles. The van der Waals surface area contributed by atoms with Crippen LogP contribution in [0, 0.1) is 0 Å². The minimum absolute atomic E-state index is 0.0166. The number of benzene rings is 1. The number of aromatic amines is 1. The Morgan fingerprint density at radius 2 is 2.16 bits per heavy atom. The molecule has 0 unspecified atom stereocenters. The van der Waals surface area contributed by atoms with E-state index in [2.05, 4.69) is 15.3 Å². The number of imidazole rings is 1. The van der Waals surface area contributed by atoms with Crippen LogP contribution in [0.5, 0.6) is 0 Å². The zero-order valence-electron chi connectivity index (χ0n) is 10.2. The number of aromatic nitrogens is 2. The first-order valence-electron chi connectivity index (χ1n) is 6.04. The molecule has 0 radical (unpaired) electrons. The molecule has 0 atom stereocenters. The normalized spacial score (nSPS) is 10.7. The van der Waals surface area contributed by atoms with Gasteiger partial charge in [-0.25, -0.2) is 4.98 Å². The van der Waals surface area contributed by atoms with Crippen molar-refractivity contribution in [3.8, 4) is 0 Å².